The molecule has 0 radical (unpaired) electrons. The van der Waals surface area contributed by atoms with Crippen LogP contribution in [0.2, 0.25) is 0 Å². The molecule has 16 N–H and O–H groups in total. The number of aromatic nitrogens is 8. The van der Waals surface area contributed by atoms with Gasteiger partial charge < -0.3 is 62.7 Å². The van der Waals surface area contributed by atoms with Gasteiger partial charge in [-0.1, -0.05) is 0 Å². The SMILES string of the molecule is CC(=O)O.COc1cc(OC)c(F)c(C(Nc2ccc(C(=N)N)cc2)c2nn(-c3ncccc3N)c(=O)[nH]2)c1.COc1cc(OC)c(F)c([C@H](Nc2ccc(C(=N)N)cc2)c2nn(-c3ncccc3N)c(=O)[nH]2)c1.O=C(O)C(F)(F)F. The minimum atomic E-state index is -5.08. The fraction of sp³-hybridized carbons (Fsp3) is 0.160. The normalized spacial score (nSPS) is 11.3. The molecule has 0 aliphatic carbocycles. The van der Waals surface area contributed by atoms with Gasteiger partial charge in [0, 0.05) is 65.1 Å². The molecule has 0 saturated heterocycles. The first-order valence-electron chi connectivity index (χ1n) is 22.9. The molecule has 81 heavy (non-hydrogen) atoms. The van der Waals surface area contributed by atoms with Crippen LogP contribution >= 0.6 is 0 Å². The maximum atomic E-state index is 15.5. The minimum absolute atomic E-state index is 0.0474. The van der Waals surface area contributed by atoms with Crippen LogP contribution in [0.25, 0.3) is 11.6 Å². The molecule has 0 bridgehead atoms. The van der Waals surface area contributed by atoms with Gasteiger partial charge in [0.25, 0.3) is 5.97 Å². The number of nitrogens with zero attached hydrogens (tertiary/aromatic N) is 6. The average molecular weight is 1130 g/mol. The predicted octanol–water partition coefficient (Wildman–Crippen LogP) is 5.08. The smallest absolute Gasteiger partial charge is 0.490 e. The Balaban J connectivity index is 0.000000251. The lowest BCUT2D eigenvalue weighted by Crippen LogP contribution is -2.21. The largest absolute Gasteiger partial charge is 0.497 e. The molecule has 26 nitrogen and oxygen atoms in total. The predicted molar refractivity (Wildman–Crippen MR) is 285 cm³/mol. The van der Waals surface area contributed by atoms with E-state index >= 15 is 8.78 Å². The lowest BCUT2D eigenvalue weighted by molar-refractivity contribution is -0.192. The third-order valence-corrected chi connectivity index (χ3v) is 10.7. The first-order chi connectivity index (χ1) is 38.3. The van der Waals surface area contributed by atoms with Crippen LogP contribution in [0.5, 0.6) is 23.0 Å². The summed E-state index contributed by atoms with van der Waals surface area (Å²) >= 11 is 0. The van der Waals surface area contributed by atoms with Crippen LogP contribution in [0.15, 0.2) is 119 Å². The van der Waals surface area contributed by atoms with Crippen LogP contribution in [0, 0.1) is 22.5 Å². The number of aliphatic carboxylic acids is 2. The molecule has 31 heteroatoms. The van der Waals surface area contributed by atoms with Crippen molar-refractivity contribution in [2.75, 3.05) is 50.5 Å². The van der Waals surface area contributed by atoms with Gasteiger partial charge in [-0.05, 0) is 84.9 Å². The molecule has 4 heterocycles. The lowest BCUT2D eigenvalue weighted by Gasteiger charge is -2.21. The Hall–Kier alpha value is -11.0. The number of nitrogens with two attached hydrogens (primary N) is 4. The van der Waals surface area contributed by atoms with Crippen LogP contribution in [0.3, 0.4) is 0 Å². The molecule has 4 aromatic heterocycles. The van der Waals surface area contributed by atoms with E-state index < -0.39 is 53.2 Å². The zero-order chi connectivity index (χ0) is 59.9. The number of methoxy groups -OCH3 is 4. The number of halogens is 5. The first kappa shape index (κ1) is 60.9. The summed E-state index contributed by atoms with van der Waals surface area (Å²) in [5.41, 5.74) is 24.6. The highest BCUT2D eigenvalue weighted by molar-refractivity contribution is 5.95. The Morgan fingerprint density at radius 1 is 0.630 bits per heavy atom. The molecule has 2 atom stereocenters. The number of anilines is 4. The van der Waals surface area contributed by atoms with E-state index in [2.05, 4.69) is 40.8 Å². The standard InChI is InChI=1S/2C23H23FN8O3.C2HF3O2.C2H4O2/c2*1-34-14-10-15(18(24)17(11-14)35-2)19(29-13-7-5-12(6-8-13)20(26)27)21-30-23(33)32(31-21)22-16(25)4-3-9-28-22;3-2(4,5)1(6)7;1-2(3)4/h2*3-11,19,29H,25H2,1-2H3,(H3,26,27)(H,30,31,33);(H,6,7);1H3,(H,3,4)/t19-;;;/m0.../s1. The maximum Gasteiger partial charge on any atom is 0.490 e. The highest BCUT2D eigenvalue weighted by atomic mass is 19.4. The number of nitrogen functional groups attached to an aromatic ring is 4. The van der Waals surface area contributed by atoms with Crippen molar-refractivity contribution in [3.8, 4) is 34.6 Å². The van der Waals surface area contributed by atoms with E-state index in [1.54, 1.807) is 72.8 Å². The molecule has 0 spiro atoms. The summed E-state index contributed by atoms with van der Waals surface area (Å²) in [6.07, 6.45) is -2.13. The summed E-state index contributed by atoms with van der Waals surface area (Å²) in [7, 11) is 5.57. The number of nitrogens with one attached hydrogen (secondary N) is 6. The Labute approximate surface area is 454 Å². The average Bonchev–Trinajstić information content (AvgIpc) is 4.21. The number of carboxylic acids is 2. The molecule has 0 amide bonds. The van der Waals surface area contributed by atoms with Crippen LogP contribution in [-0.2, 0) is 9.59 Å². The van der Waals surface area contributed by atoms with Crippen molar-refractivity contribution in [3.63, 3.8) is 0 Å². The Kier molecular flexibility index (Phi) is 20.2. The number of hydrogen-bond acceptors (Lipinski definition) is 18. The number of carbonyl (C=O) groups is 2. The number of rotatable bonds is 16. The van der Waals surface area contributed by atoms with Crippen LogP contribution in [-0.4, -0.2) is 108 Å². The topological polar surface area (TPSA) is 414 Å². The zero-order valence-corrected chi connectivity index (χ0v) is 43.1. The number of amidine groups is 2. The molecular weight excluding hydrogens is 1080 g/mol. The summed E-state index contributed by atoms with van der Waals surface area (Å²) in [6, 6.07) is 23.5. The first-order valence-corrected chi connectivity index (χ1v) is 22.9. The second-order valence-corrected chi connectivity index (χ2v) is 16.2. The quantitative estimate of drug-likeness (QED) is 0.0341. The van der Waals surface area contributed by atoms with Crippen molar-refractivity contribution in [2.24, 2.45) is 11.5 Å². The van der Waals surface area contributed by atoms with Crippen molar-refractivity contribution in [2.45, 2.75) is 25.2 Å². The fourth-order valence-electron chi connectivity index (χ4n) is 6.95. The second kappa shape index (κ2) is 26.8. The lowest BCUT2D eigenvalue weighted by atomic mass is 10.0. The van der Waals surface area contributed by atoms with Crippen LogP contribution in [0.1, 0.15) is 52.9 Å². The van der Waals surface area contributed by atoms with Gasteiger partial charge in [0.15, 0.2) is 46.4 Å². The van der Waals surface area contributed by atoms with E-state index in [4.69, 9.17) is 72.5 Å². The summed E-state index contributed by atoms with van der Waals surface area (Å²) in [4.78, 5) is 57.0. The molecule has 0 fully saturated rings. The summed E-state index contributed by atoms with van der Waals surface area (Å²) < 4.78 is 85.7. The van der Waals surface area contributed by atoms with E-state index in [9.17, 15) is 22.8 Å². The van der Waals surface area contributed by atoms with E-state index in [0.717, 1.165) is 16.3 Å². The van der Waals surface area contributed by atoms with Gasteiger partial charge in [0.1, 0.15) is 35.3 Å². The number of alkyl halides is 3. The van der Waals surface area contributed by atoms with Crippen molar-refractivity contribution < 1.29 is 60.7 Å². The van der Waals surface area contributed by atoms with Crippen molar-refractivity contribution in [1.82, 2.24) is 39.5 Å². The molecule has 8 aromatic rings. The van der Waals surface area contributed by atoms with Crippen molar-refractivity contribution in [1.29, 1.82) is 10.8 Å². The van der Waals surface area contributed by atoms with Gasteiger partial charge in [-0.2, -0.15) is 22.5 Å². The van der Waals surface area contributed by atoms with Crippen molar-refractivity contribution in [3.05, 3.63) is 176 Å². The highest BCUT2D eigenvalue weighted by Gasteiger charge is 2.38. The zero-order valence-electron chi connectivity index (χ0n) is 43.1. The van der Waals surface area contributed by atoms with E-state index in [0.29, 0.717) is 34.0 Å². The third kappa shape index (κ3) is 15.6. The molecule has 0 aliphatic rings. The summed E-state index contributed by atoms with van der Waals surface area (Å²) in [5, 5.41) is 44.7. The van der Waals surface area contributed by atoms with Gasteiger partial charge in [-0.3, -0.25) is 25.6 Å². The number of H-pyrrole nitrogens is 2. The number of ether oxygens (including phenoxy) is 4. The van der Waals surface area contributed by atoms with Crippen LogP contribution < -0.4 is 63.9 Å². The number of pyridine rings is 2. The number of benzene rings is 4. The Bertz CT molecular complexity index is 3420. The summed E-state index contributed by atoms with van der Waals surface area (Å²) in [5.74, 6) is -4.08. The Morgan fingerprint density at radius 3 is 1.23 bits per heavy atom. The van der Waals surface area contributed by atoms with Gasteiger partial charge >= 0.3 is 23.5 Å². The van der Waals surface area contributed by atoms with E-state index in [1.165, 1.54) is 65.1 Å². The monoisotopic (exact) mass is 1130 g/mol. The fourth-order valence-corrected chi connectivity index (χ4v) is 6.95. The summed E-state index contributed by atoms with van der Waals surface area (Å²) in [6.45, 7) is 1.08. The molecule has 8 rings (SSSR count). The van der Waals surface area contributed by atoms with Gasteiger partial charge in [-0.15, -0.1) is 10.2 Å². The molecule has 1 unspecified atom stereocenters. The Morgan fingerprint density at radius 2 is 0.963 bits per heavy atom. The molecular formula is C50H51F5N16O10. The van der Waals surface area contributed by atoms with E-state index in [-0.39, 0.29) is 69.0 Å². The van der Waals surface area contributed by atoms with E-state index in [1.807, 2.05) is 0 Å². The highest BCUT2D eigenvalue weighted by Crippen LogP contribution is 2.36. The maximum absolute atomic E-state index is 15.5. The molecule has 0 aliphatic heterocycles. The van der Waals surface area contributed by atoms with Crippen molar-refractivity contribution >= 4 is 46.4 Å². The van der Waals surface area contributed by atoms with Gasteiger partial charge in [-0.25, -0.2) is 33.1 Å². The second-order valence-electron chi connectivity index (χ2n) is 16.2. The van der Waals surface area contributed by atoms with Gasteiger partial charge in [0.05, 0.1) is 39.8 Å². The van der Waals surface area contributed by atoms with Crippen LogP contribution in [0.4, 0.5) is 44.7 Å². The van der Waals surface area contributed by atoms with Gasteiger partial charge in [0.2, 0.25) is 0 Å². The molecule has 4 aromatic carbocycles. The molecule has 0 saturated carbocycles. The minimum Gasteiger partial charge on any atom is -0.497 e. The number of carboxylic acid groups (broad SMARTS) is 2. The number of aromatic amines is 2. The number of hydrogen-bond donors (Lipinski definition) is 12. The molecule has 426 valence electrons. The third-order valence-electron chi connectivity index (χ3n) is 10.7.